The van der Waals surface area contributed by atoms with Gasteiger partial charge in [0.05, 0.1) is 0 Å². The number of benzene rings is 1. The first-order valence-corrected chi connectivity index (χ1v) is 6.94. The lowest BCUT2D eigenvalue weighted by Gasteiger charge is -2.08. The highest BCUT2D eigenvalue weighted by atomic mass is 15.1. The number of pyridine rings is 1. The van der Waals surface area contributed by atoms with E-state index >= 15 is 0 Å². The molecule has 0 bridgehead atoms. The van der Waals surface area contributed by atoms with E-state index in [2.05, 4.69) is 28.6 Å². The van der Waals surface area contributed by atoms with E-state index in [4.69, 9.17) is 10.7 Å². The summed E-state index contributed by atoms with van der Waals surface area (Å²) < 4.78 is 2.19. The average Bonchev–Trinajstić information content (AvgIpc) is 2.87. The second kappa shape index (κ2) is 5.43. The van der Waals surface area contributed by atoms with Gasteiger partial charge in [-0.3, -0.25) is 0 Å². The van der Waals surface area contributed by atoms with Gasteiger partial charge in [0.1, 0.15) is 11.3 Å². The normalized spacial score (nSPS) is 11.1. The largest absolute Gasteiger partial charge is 0.326 e. The van der Waals surface area contributed by atoms with Crippen LogP contribution < -0.4 is 5.73 Å². The fourth-order valence-electron chi connectivity index (χ4n) is 2.45. The third kappa shape index (κ3) is 2.18. The number of hydrogen-bond donors (Lipinski definition) is 1. The zero-order chi connectivity index (χ0) is 13.9. The molecule has 0 radical (unpaired) electrons. The molecule has 3 aromatic rings. The Morgan fingerprint density at radius 2 is 2.10 bits per heavy atom. The molecule has 4 heteroatoms. The first-order chi connectivity index (χ1) is 9.83. The summed E-state index contributed by atoms with van der Waals surface area (Å²) in [5.74, 6) is 0.968. The van der Waals surface area contributed by atoms with Crippen molar-refractivity contribution in [3.63, 3.8) is 0 Å². The van der Waals surface area contributed by atoms with Crippen LogP contribution in [0, 0.1) is 0 Å². The molecule has 0 fully saturated rings. The van der Waals surface area contributed by atoms with Crippen molar-refractivity contribution in [3.8, 4) is 11.4 Å². The second-order valence-corrected chi connectivity index (χ2v) is 4.84. The Morgan fingerprint density at radius 3 is 2.90 bits per heavy atom. The first-order valence-electron chi connectivity index (χ1n) is 6.94. The fraction of sp³-hybridized carbons (Fsp3) is 0.250. The lowest BCUT2D eigenvalue weighted by molar-refractivity contribution is 0.698. The molecule has 2 aromatic heterocycles. The van der Waals surface area contributed by atoms with Gasteiger partial charge in [0.15, 0.2) is 5.65 Å². The standard InChI is InChI=1S/C16H18N4/c1-2-9-20-15(13-6-3-5-12(10-13)11-17)19-14-7-4-8-18-16(14)20/h3-8,10H,2,9,11,17H2,1H3. The predicted molar refractivity (Wildman–Crippen MR) is 81.1 cm³/mol. The second-order valence-electron chi connectivity index (χ2n) is 4.84. The van der Waals surface area contributed by atoms with Crippen LogP contribution in [0.5, 0.6) is 0 Å². The van der Waals surface area contributed by atoms with Gasteiger partial charge in [0.2, 0.25) is 0 Å². The Kier molecular flexibility index (Phi) is 3.48. The number of aryl methyl sites for hydroxylation is 1. The maximum atomic E-state index is 5.73. The van der Waals surface area contributed by atoms with Gasteiger partial charge in [0, 0.05) is 24.8 Å². The maximum Gasteiger partial charge on any atom is 0.160 e. The Morgan fingerprint density at radius 1 is 1.20 bits per heavy atom. The number of imidazole rings is 1. The molecule has 0 atom stereocenters. The van der Waals surface area contributed by atoms with E-state index in [1.54, 1.807) is 0 Å². The van der Waals surface area contributed by atoms with Gasteiger partial charge in [-0.15, -0.1) is 0 Å². The van der Waals surface area contributed by atoms with Crippen LogP contribution in [0.15, 0.2) is 42.6 Å². The van der Waals surface area contributed by atoms with E-state index in [1.165, 1.54) is 0 Å². The molecule has 2 heterocycles. The summed E-state index contributed by atoms with van der Waals surface area (Å²) >= 11 is 0. The molecule has 0 saturated carbocycles. The molecule has 0 amide bonds. The third-order valence-corrected chi connectivity index (χ3v) is 3.37. The van der Waals surface area contributed by atoms with Gasteiger partial charge in [-0.05, 0) is 30.2 Å². The van der Waals surface area contributed by atoms with Gasteiger partial charge >= 0.3 is 0 Å². The van der Waals surface area contributed by atoms with Gasteiger partial charge in [0.25, 0.3) is 0 Å². The van der Waals surface area contributed by atoms with Crippen molar-refractivity contribution in [2.24, 2.45) is 5.73 Å². The van der Waals surface area contributed by atoms with Crippen LogP contribution in [0.25, 0.3) is 22.6 Å². The fourth-order valence-corrected chi connectivity index (χ4v) is 2.45. The van der Waals surface area contributed by atoms with Crippen LogP contribution in [0.1, 0.15) is 18.9 Å². The summed E-state index contributed by atoms with van der Waals surface area (Å²) in [4.78, 5) is 9.20. The average molecular weight is 266 g/mol. The van der Waals surface area contributed by atoms with Gasteiger partial charge < -0.3 is 10.3 Å². The lowest BCUT2D eigenvalue weighted by atomic mass is 10.1. The summed E-state index contributed by atoms with van der Waals surface area (Å²) in [6, 6.07) is 12.2. The number of fused-ring (bicyclic) bond motifs is 1. The van der Waals surface area contributed by atoms with Crippen LogP contribution >= 0.6 is 0 Å². The predicted octanol–water partition coefficient (Wildman–Crippen LogP) is 2.97. The highest BCUT2D eigenvalue weighted by Crippen LogP contribution is 2.24. The van der Waals surface area contributed by atoms with Crippen molar-refractivity contribution in [2.75, 3.05) is 0 Å². The smallest absolute Gasteiger partial charge is 0.160 e. The van der Waals surface area contributed by atoms with Crippen molar-refractivity contribution in [1.29, 1.82) is 0 Å². The molecular weight excluding hydrogens is 248 g/mol. The van der Waals surface area contributed by atoms with Crippen LogP contribution in [0.2, 0.25) is 0 Å². The SMILES string of the molecule is CCCn1c(-c2cccc(CN)c2)nc2cccnc21. The van der Waals surface area contributed by atoms with Gasteiger partial charge in [-0.1, -0.05) is 25.1 Å². The minimum atomic E-state index is 0.542. The quantitative estimate of drug-likeness (QED) is 0.789. The highest BCUT2D eigenvalue weighted by molar-refractivity contribution is 5.77. The van der Waals surface area contributed by atoms with Crippen molar-refractivity contribution >= 4 is 11.2 Å². The van der Waals surface area contributed by atoms with Crippen molar-refractivity contribution in [1.82, 2.24) is 14.5 Å². The Hall–Kier alpha value is -2.20. The summed E-state index contributed by atoms with van der Waals surface area (Å²) in [6.45, 7) is 3.62. The summed E-state index contributed by atoms with van der Waals surface area (Å²) in [5.41, 5.74) is 9.83. The van der Waals surface area contributed by atoms with E-state index in [-0.39, 0.29) is 0 Å². The topological polar surface area (TPSA) is 56.7 Å². The van der Waals surface area contributed by atoms with E-state index in [0.717, 1.165) is 41.1 Å². The van der Waals surface area contributed by atoms with Crippen molar-refractivity contribution in [2.45, 2.75) is 26.4 Å². The molecule has 3 rings (SSSR count). The van der Waals surface area contributed by atoms with Crippen molar-refractivity contribution in [3.05, 3.63) is 48.2 Å². The number of rotatable bonds is 4. The Balaban J connectivity index is 2.21. The minimum absolute atomic E-state index is 0.542. The summed E-state index contributed by atoms with van der Waals surface area (Å²) in [7, 11) is 0. The Bertz CT molecular complexity index is 730. The number of nitrogens with two attached hydrogens (primary N) is 1. The highest BCUT2D eigenvalue weighted by Gasteiger charge is 2.12. The molecule has 0 aliphatic heterocycles. The van der Waals surface area contributed by atoms with Crippen LogP contribution in [0.3, 0.4) is 0 Å². The minimum Gasteiger partial charge on any atom is -0.326 e. The molecule has 0 saturated heterocycles. The van der Waals surface area contributed by atoms with Crippen LogP contribution in [0.4, 0.5) is 0 Å². The van der Waals surface area contributed by atoms with Crippen LogP contribution in [-0.2, 0) is 13.1 Å². The zero-order valence-electron chi connectivity index (χ0n) is 11.6. The van der Waals surface area contributed by atoms with Gasteiger partial charge in [-0.25, -0.2) is 9.97 Å². The van der Waals surface area contributed by atoms with E-state index < -0.39 is 0 Å². The number of aromatic nitrogens is 3. The number of nitrogens with zero attached hydrogens (tertiary/aromatic N) is 3. The van der Waals surface area contributed by atoms with Gasteiger partial charge in [-0.2, -0.15) is 0 Å². The van der Waals surface area contributed by atoms with E-state index in [1.807, 2.05) is 30.5 Å². The third-order valence-electron chi connectivity index (χ3n) is 3.37. The maximum absolute atomic E-state index is 5.73. The van der Waals surface area contributed by atoms with Crippen molar-refractivity contribution < 1.29 is 0 Å². The molecule has 20 heavy (non-hydrogen) atoms. The molecule has 0 aliphatic carbocycles. The molecule has 2 N–H and O–H groups in total. The number of hydrogen-bond acceptors (Lipinski definition) is 3. The lowest BCUT2D eigenvalue weighted by Crippen LogP contribution is -2.02. The first kappa shape index (κ1) is 12.8. The van der Waals surface area contributed by atoms with Crippen LogP contribution in [-0.4, -0.2) is 14.5 Å². The molecule has 0 unspecified atom stereocenters. The summed E-state index contributed by atoms with van der Waals surface area (Å²) in [6.07, 6.45) is 2.86. The molecule has 4 nitrogen and oxygen atoms in total. The van der Waals surface area contributed by atoms with E-state index in [0.29, 0.717) is 6.54 Å². The monoisotopic (exact) mass is 266 g/mol. The molecule has 1 aromatic carbocycles. The molecule has 102 valence electrons. The molecule has 0 spiro atoms. The molecular formula is C16H18N4. The zero-order valence-corrected chi connectivity index (χ0v) is 11.6. The summed E-state index contributed by atoms with van der Waals surface area (Å²) in [5, 5.41) is 0. The molecule has 0 aliphatic rings. The Labute approximate surface area is 118 Å². The van der Waals surface area contributed by atoms with E-state index in [9.17, 15) is 0 Å².